The van der Waals surface area contributed by atoms with Gasteiger partial charge in [-0.25, -0.2) is 19.3 Å². The number of halogens is 2. The zero-order valence-electron chi connectivity index (χ0n) is 17.4. The van der Waals surface area contributed by atoms with Crippen LogP contribution in [0.25, 0.3) is 11.2 Å². The van der Waals surface area contributed by atoms with Gasteiger partial charge in [0.25, 0.3) is 0 Å². The number of nitrogens with one attached hydrogen (secondary N) is 1. The van der Waals surface area contributed by atoms with Crippen molar-refractivity contribution in [2.24, 2.45) is 16.4 Å². The Bertz CT molecular complexity index is 1260. The van der Waals surface area contributed by atoms with E-state index in [-0.39, 0.29) is 23.4 Å². The zero-order chi connectivity index (χ0) is 22.5. The first-order valence-electron chi connectivity index (χ1n) is 10.1. The Morgan fingerprint density at radius 3 is 2.88 bits per heavy atom. The van der Waals surface area contributed by atoms with E-state index >= 15 is 0 Å². The van der Waals surface area contributed by atoms with Crippen LogP contribution >= 0.6 is 11.6 Å². The molecule has 0 spiro atoms. The van der Waals surface area contributed by atoms with Gasteiger partial charge in [0.1, 0.15) is 30.2 Å². The number of benzene rings is 1. The standard InChI is InChI=1S/C21H21ClFN7O2/c1-21(2)8-15(21)32-20(29-24)14-5-6-16(31-14)30-10-27-17-18(25-9-26-19(17)30)28-13-4-3-11(22)7-12(13)23/h3-4,7-10,14,16H,5-6,24H2,1-2H3,(H,25,26,28)/b29-20-. The minimum atomic E-state index is -0.492. The zero-order valence-corrected chi connectivity index (χ0v) is 18.2. The largest absolute Gasteiger partial charge is 0.443 e. The molecule has 2 atom stereocenters. The number of allylic oxidation sites excluding steroid dienone is 2. The second-order valence-electron chi connectivity index (χ2n) is 8.25. The van der Waals surface area contributed by atoms with E-state index in [9.17, 15) is 4.39 Å². The summed E-state index contributed by atoms with van der Waals surface area (Å²) in [7, 11) is 0. The van der Waals surface area contributed by atoms with Crippen LogP contribution in [-0.4, -0.2) is 31.5 Å². The smallest absolute Gasteiger partial charge is 0.240 e. The summed E-state index contributed by atoms with van der Waals surface area (Å²) >= 11 is 5.83. The van der Waals surface area contributed by atoms with Crippen molar-refractivity contribution < 1.29 is 13.9 Å². The molecule has 2 aromatic heterocycles. The van der Waals surface area contributed by atoms with Crippen molar-refractivity contribution in [1.82, 2.24) is 19.5 Å². The summed E-state index contributed by atoms with van der Waals surface area (Å²) in [5, 5.41) is 7.06. The first-order valence-corrected chi connectivity index (χ1v) is 10.5. The van der Waals surface area contributed by atoms with Gasteiger partial charge in [0.15, 0.2) is 17.0 Å². The minimum Gasteiger partial charge on any atom is -0.443 e. The molecule has 3 heterocycles. The Hall–Kier alpha value is -3.24. The molecule has 1 aliphatic carbocycles. The van der Waals surface area contributed by atoms with E-state index in [4.69, 9.17) is 26.9 Å². The van der Waals surface area contributed by atoms with Crippen LogP contribution < -0.4 is 11.2 Å². The van der Waals surface area contributed by atoms with E-state index in [0.29, 0.717) is 40.7 Å². The number of hydrogen-bond acceptors (Lipinski definition) is 8. The highest BCUT2D eigenvalue weighted by atomic mass is 35.5. The molecule has 166 valence electrons. The van der Waals surface area contributed by atoms with E-state index < -0.39 is 5.82 Å². The Labute approximate surface area is 188 Å². The predicted octanol–water partition coefficient (Wildman–Crippen LogP) is 4.25. The number of hydrogen-bond donors (Lipinski definition) is 2. The molecule has 1 saturated heterocycles. The topological polar surface area (TPSA) is 112 Å². The van der Waals surface area contributed by atoms with Gasteiger partial charge in [0, 0.05) is 10.4 Å². The van der Waals surface area contributed by atoms with Crippen LogP contribution in [-0.2, 0) is 9.47 Å². The maximum atomic E-state index is 14.2. The SMILES string of the molecule is CC1(C)C=C1O/C(=N\N)C1CCC(n2cnc3c(Nc4ccc(Cl)cc4F)ncnc32)O1. The van der Waals surface area contributed by atoms with Crippen molar-refractivity contribution in [2.45, 2.75) is 39.0 Å². The number of anilines is 2. The molecule has 0 bridgehead atoms. The lowest BCUT2D eigenvalue weighted by Gasteiger charge is -2.17. The summed E-state index contributed by atoms with van der Waals surface area (Å²) in [6.45, 7) is 4.10. The number of hydrazone groups is 1. The lowest BCUT2D eigenvalue weighted by atomic mass is 10.1. The van der Waals surface area contributed by atoms with Crippen LogP contribution in [0.2, 0.25) is 5.02 Å². The van der Waals surface area contributed by atoms with Crippen LogP contribution in [0.15, 0.2) is 47.8 Å². The number of imidazole rings is 1. The quantitative estimate of drug-likeness (QED) is 0.255. The van der Waals surface area contributed by atoms with Crippen molar-refractivity contribution in [3.05, 3.63) is 53.5 Å². The minimum absolute atomic E-state index is 0.0711. The number of ether oxygens (including phenoxy) is 2. The van der Waals surface area contributed by atoms with Gasteiger partial charge in [-0.2, -0.15) is 0 Å². The van der Waals surface area contributed by atoms with Crippen molar-refractivity contribution >= 4 is 40.2 Å². The third kappa shape index (κ3) is 3.76. The lowest BCUT2D eigenvalue weighted by Crippen LogP contribution is -2.24. The number of fused-ring (bicyclic) bond motifs is 1. The van der Waals surface area contributed by atoms with Crippen molar-refractivity contribution in [3.8, 4) is 0 Å². The van der Waals surface area contributed by atoms with E-state index in [1.54, 1.807) is 12.4 Å². The van der Waals surface area contributed by atoms with Gasteiger partial charge in [-0.1, -0.05) is 11.6 Å². The molecule has 1 aromatic carbocycles. The molecule has 11 heteroatoms. The summed E-state index contributed by atoms with van der Waals surface area (Å²) in [5.41, 5.74) is 1.21. The van der Waals surface area contributed by atoms with Crippen molar-refractivity contribution in [2.75, 3.05) is 5.32 Å². The van der Waals surface area contributed by atoms with Crippen LogP contribution in [0, 0.1) is 11.2 Å². The second-order valence-corrected chi connectivity index (χ2v) is 8.69. The van der Waals surface area contributed by atoms with Gasteiger partial charge < -0.3 is 20.6 Å². The van der Waals surface area contributed by atoms with Crippen LogP contribution in [0.4, 0.5) is 15.9 Å². The van der Waals surface area contributed by atoms with Crippen LogP contribution in [0.5, 0.6) is 0 Å². The third-order valence-corrected chi connectivity index (χ3v) is 5.75. The fourth-order valence-electron chi connectivity index (χ4n) is 3.62. The molecular weight excluding hydrogens is 437 g/mol. The third-order valence-electron chi connectivity index (χ3n) is 5.51. The molecule has 2 aliphatic rings. The van der Waals surface area contributed by atoms with E-state index in [1.807, 2.05) is 24.5 Å². The number of rotatable bonds is 5. The van der Waals surface area contributed by atoms with Gasteiger partial charge in [0.2, 0.25) is 5.90 Å². The molecule has 5 rings (SSSR count). The molecule has 32 heavy (non-hydrogen) atoms. The molecule has 1 aliphatic heterocycles. The fraction of sp³-hybridized carbons (Fsp3) is 0.333. The van der Waals surface area contributed by atoms with Crippen LogP contribution in [0.3, 0.4) is 0 Å². The second kappa shape index (κ2) is 7.72. The molecule has 0 saturated carbocycles. The van der Waals surface area contributed by atoms with Gasteiger partial charge in [-0.3, -0.25) is 4.57 Å². The monoisotopic (exact) mass is 457 g/mol. The molecule has 9 nitrogen and oxygen atoms in total. The number of nitrogens with two attached hydrogens (primary N) is 1. The molecule has 2 unspecified atom stereocenters. The Kier molecular flexibility index (Phi) is 4.98. The van der Waals surface area contributed by atoms with Crippen molar-refractivity contribution in [3.63, 3.8) is 0 Å². The predicted molar refractivity (Wildman–Crippen MR) is 118 cm³/mol. The molecule has 0 radical (unpaired) electrons. The summed E-state index contributed by atoms with van der Waals surface area (Å²) in [5.74, 6) is 6.62. The normalized spacial score (nSPS) is 22.1. The average Bonchev–Trinajstić information content (AvgIpc) is 3.14. The van der Waals surface area contributed by atoms with Crippen molar-refractivity contribution in [1.29, 1.82) is 0 Å². The molecule has 3 N–H and O–H groups in total. The highest BCUT2D eigenvalue weighted by Crippen LogP contribution is 2.44. The maximum Gasteiger partial charge on any atom is 0.240 e. The van der Waals surface area contributed by atoms with Gasteiger partial charge >= 0.3 is 0 Å². The van der Waals surface area contributed by atoms with E-state index in [0.717, 1.165) is 5.76 Å². The highest BCUT2D eigenvalue weighted by Gasteiger charge is 2.40. The lowest BCUT2D eigenvalue weighted by molar-refractivity contribution is 0.0257. The summed E-state index contributed by atoms with van der Waals surface area (Å²) < 4.78 is 28.0. The van der Waals surface area contributed by atoms with Gasteiger partial charge in [-0.05, 0) is 51.0 Å². The first-order chi connectivity index (χ1) is 15.4. The molecule has 1 fully saturated rings. The molecule has 3 aromatic rings. The molecular formula is C21H21ClFN7O2. The number of nitrogens with zero attached hydrogens (tertiary/aromatic N) is 5. The van der Waals surface area contributed by atoms with Gasteiger partial charge in [-0.15, -0.1) is 5.10 Å². The molecule has 0 amide bonds. The summed E-state index contributed by atoms with van der Waals surface area (Å²) in [6.07, 6.45) is 5.69. The van der Waals surface area contributed by atoms with Crippen LogP contribution in [0.1, 0.15) is 32.9 Å². The maximum absolute atomic E-state index is 14.2. The van der Waals surface area contributed by atoms with E-state index in [2.05, 4.69) is 25.4 Å². The Morgan fingerprint density at radius 1 is 1.34 bits per heavy atom. The summed E-state index contributed by atoms with van der Waals surface area (Å²) in [4.78, 5) is 13.0. The highest BCUT2D eigenvalue weighted by molar-refractivity contribution is 6.30. The fourth-order valence-corrected chi connectivity index (χ4v) is 3.78. The summed E-state index contributed by atoms with van der Waals surface area (Å²) in [6, 6.07) is 4.36. The Balaban J connectivity index is 1.35. The Morgan fingerprint density at radius 2 is 2.16 bits per heavy atom. The first kappa shape index (κ1) is 20.7. The number of aromatic nitrogens is 4. The van der Waals surface area contributed by atoms with E-state index in [1.165, 1.54) is 18.5 Å². The van der Waals surface area contributed by atoms with Gasteiger partial charge in [0.05, 0.1) is 12.0 Å². The average molecular weight is 458 g/mol.